The molecule has 4 nitrogen and oxygen atoms in total. The molecule has 3 aromatic heterocycles. The first kappa shape index (κ1) is 27.9. The van der Waals surface area contributed by atoms with Crippen molar-refractivity contribution in [3.8, 4) is 22.9 Å². The highest BCUT2D eigenvalue weighted by Gasteiger charge is 2.26. The predicted molar refractivity (Wildman–Crippen MR) is 202 cm³/mol. The number of furan rings is 1. The molecule has 5 heteroatoms. The maximum atomic E-state index is 7.11. The molecule has 0 bridgehead atoms. The van der Waals surface area contributed by atoms with Crippen LogP contribution in [0.25, 0.3) is 66.2 Å². The van der Waals surface area contributed by atoms with E-state index >= 15 is 0 Å². The third-order valence-corrected chi connectivity index (χ3v) is 10.2. The first-order valence-electron chi connectivity index (χ1n) is 16.3. The smallest absolute Gasteiger partial charge is 0.215 e. The van der Waals surface area contributed by atoms with Crippen LogP contribution in [0.15, 0.2) is 184 Å². The zero-order valence-electron chi connectivity index (χ0n) is 26.3. The minimum Gasteiger partial charge on any atom is -0.457 e. The fourth-order valence-electron chi connectivity index (χ4n) is 7.12. The molecule has 0 radical (unpaired) electrons. The van der Waals surface area contributed by atoms with Gasteiger partial charge in [-0.25, -0.2) is 0 Å². The highest BCUT2D eigenvalue weighted by molar-refractivity contribution is 7.99. The summed E-state index contributed by atoms with van der Waals surface area (Å²) in [5, 5.41) is 7.01. The molecule has 0 atom stereocenters. The molecule has 0 fully saturated rings. The SMILES string of the molecule is c1ccc(Oc2ccc(-n3c4ccccc4c4c5c6c7ccccc7ccc6n(-c6cccc(Sc7ccccc7)c6)c5oc43)cc2)cc1. The van der Waals surface area contributed by atoms with Crippen LogP contribution in [0.2, 0.25) is 0 Å². The Morgan fingerprint density at radius 3 is 1.92 bits per heavy atom. The van der Waals surface area contributed by atoms with E-state index in [1.165, 1.54) is 25.9 Å². The van der Waals surface area contributed by atoms with E-state index in [-0.39, 0.29) is 0 Å². The summed E-state index contributed by atoms with van der Waals surface area (Å²) < 4.78 is 17.8. The van der Waals surface area contributed by atoms with Crippen molar-refractivity contribution < 1.29 is 9.15 Å². The van der Waals surface area contributed by atoms with Gasteiger partial charge in [0.25, 0.3) is 0 Å². The van der Waals surface area contributed by atoms with Gasteiger partial charge in [0.1, 0.15) is 11.5 Å². The summed E-state index contributed by atoms with van der Waals surface area (Å²) in [6, 6.07) is 59.1. The third kappa shape index (κ3) is 4.55. The third-order valence-electron chi connectivity index (χ3n) is 9.22. The van der Waals surface area contributed by atoms with Gasteiger partial charge in [0.15, 0.2) is 0 Å². The van der Waals surface area contributed by atoms with E-state index < -0.39 is 0 Å². The second-order valence-corrected chi connectivity index (χ2v) is 13.3. The summed E-state index contributed by atoms with van der Waals surface area (Å²) in [6.07, 6.45) is 0. The molecule has 3 heterocycles. The van der Waals surface area contributed by atoms with Crippen LogP contribution in [-0.2, 0) is 0 Å². The minimum atomic E-state index is 0.782. The summed E-state index contributed by atoms with van der Waals surface area (Å²) in [5.41, 5.74) is 5.94. The van der Waals surface area contributed by atoms with E-state index in [1.807, 2.05) is 42.5 Å². The summed E-state index contributed by atoms with van der Waals surface area (Å²) >= 11 is 1.76. The highest BCUT2D eigenvalue weighted by atomic mass is 32.2. The van der Waals surface area contributed by atoms with Gasteiger partial charge in [-0.15, -0.1) is 0 Å². The largest absolute Gasteiger partial charge is 0.457 e. The maximum absolute atomic E-state index is 7.11. The average molecular weight is 649 g/mol. The fraction of sp³-hybridized carbons (Fsp3) is 0. The van der Waals surface area contributed by atoms with Gasteiger partial charge in [0, 0.05) is 26.3 Å². The quantitative estimate of drug-likeness (QED) is 0.180. The minimum absolute atomic E-state index is 0.782. The van der Waals surface area contributed by atoms with Crippen LogP contribution in [0.1, 0.15) is 0 Å². The second-order valence-electron chi connectivity index (χ2n) is 12.2. The van der Waals surface area contributed by atoms with Crippen molar-refractivity contribution in [2.75, 3.05) is 0 Å². The molecule has 0 aliphatic heterocycles. The van der Waals surface area contributed by atoms with Gasteiger partial charge in [-0.2, -0.15) is 0 Å². The molecule has 0 saturated heterocycles. The monoisotopic (exact) mass is 648 g/mol. The topological polar surface area (TPSA) is 32.2 Å². The van der Waals surface area contributed by atoms with Crippen LogP contribution in [-0.4, -0.2) is 9.13 Å². The van der Waals surface area contributed by atoms with E-state index in [4.69, 9.17) is 9.15 Å². The van der Waals surface area contributed by atoms with E-state index in [2.05, 4.69) is 137 Å². The fourth-order valence-corrected chi connectivity index (χ4v) is 8.02. The van der Waals surface area contributed by atoms with Crippen molar-refractivity contribution in [3.05, 3.63) is 170 Å². The zero-order chi connectivity index (χ0) is 32.3. The average Bonchev–Trinajstić information content (AvgIpc) is 3.78. The first-order chi connectivity index (χ1) is 24.3. The number of hydrogen-bond acceptors (Lipinski definition) is 3. The lowest BCUT2D eigenvalue weighted by atomic mass is 10.0. The molecule has 0 aliphatic rings. The second kappa shape index (κ2) is 11.2. The van der Waals surface area contributed by atoms with E-state index in [0.717, 1.165) is 61.5 Å². The van der Waals surface area contributed by atoms with Crippen LogP contribution >= 0.6 is 11.8 Å². The number of rotatable bonds is 6. The first-order valence-corrected chi connectivity index (χ1v) is 17.2. The number of para-hydroxylation sites is 2. The molecule has 0 spiro atoms. The van der Waals surface area contributed by atoms with Gasteiger partial charge in [-0.3, -0.25) is 9.13 Å². The maximum Gasteiger partial charge on any atom is 0.215 e. The van der Waals surface area contributed by atoms with Gasteiger partial charge < -0.3 is 9.15 Å². The van der Waals surface area contributed by atoms with Crippen LogP contribution in [0, 0.1) is 0 Å². The number of hydrogen-bond donors (Lipinski definition) is 0. The Kier molecular flexibility index (Phi) is 6.39. The number of ether oxygens (including phenoxy) is 1. The van der Waals surface area contributed by atoms with Crippen molar-refractivity contribution >= 4 is 66.5 Å². The summed E-state index contributed by atoms with van der Waals surface area (Å²) in [6.45, 7) is 0. The molecule has 0 aliphatic carbocycles. The van der Waals surface area contributed by atoms with Gasteiger partial charge in [0.05, 0.1) is 27.5 Å². The molecule has 7 aromatic carbocycles. The molecule has 232 valence electrons. The predicted octanol–water partition coefficient (Wildman–Crippen LogP) is 12.6. The zero-order valence-corrected chi connectivity index (χ0v) is 27.1. The summed E-state index contributed by atoms with van der Waals surface area (Å²) in [5.74, 6) is 1.59. The lowest BCUT2D eigenvalue weighted by Crippen LogP contribution is -1.95. The molecule has 0 N–H and O–H groups in total. The van der Waals surface area contributed by atoms with Gasteiger partial charge >= 0.3 is 0 Å². The number of nitrogens with zero attached hydrogens (tertiary/aromatic N) is 2. The molecule has 0 unspecified atom stereocenters. The van der Waals surface area contributed by atoms with Gasteiger partial charge in [-0.05, 0) is 89.6 Å². The van der Waals surface area contributed by atoms with Crippen molar-refractivity contribution in [1.29, 1.82) is 0 Å². The molecular weight excluding hydrogens is 621 g/mol. The van der Waals surface area contributed by atoms with Crippen molar-refractivity contribution in [2.24, 2.45) is 0 Å². The Morgan fingerprint density at radius 1 is 0.429 bits per heavy atom. The van der Waals surface area contributed by atoms with Crippen molar-refractivity contribution in [3.63, 3.8) is 0 Å². The van der Waals surface area contributed by atoms with Crippen LogP contribution < -0.4 is 4.74 Å². The number of benzene rings is 7. The Balaban J connectivity index is 1.23. The Morgan fingerprint density at radius 2 is 1.08 bits per heavy atom. The van der Waals surface area contributed by atoms with Crippen LogP contribution in [0.3, 0.4) is 0 Å². The Hall–Kier alpha value is -6.17. The molecule has 0 saturated carbocycles. The molecule has 49 heavy (non-hydrogen) atoms. The molecule has 10 aromatic rings. The molecule has 0 amide bonds. The van der Waals surface area contributed by atoms with Crippen molar-refractivity contribution in [1.82, 2.24) is 9.13 Å². The van der Waals surface area contributed by atoms with Crippen LogP contribution in [0.4, 0.5) is 0 Å². The molecule has 10 rings (SSSR count). The lowest BCUT2D eigenvalue weighted by molar-refractivity contribution is 0.482. The van der Waals surface area contributed by atoms with E-state index in [9.17, 15) is 0 Å². The van der Waals surface area contributed by atoms with Gasteiger partial charge in [-0.1, -0.05) is 103 Å². The summed E-state index contributed by atoms with van der Waals surface area (Å²) in [4.78, 5) is 2.38. The van der Waals surface area contributed by atoms with Gasteiger partial charge in [0.2, 0.25) is 11.4 Å². The van der Waals surface area contributed by atoms with Crippen molar-refractivity contribution in [2.45, 2.75) is 9.79 Å². The highest BCUT2D eigenvalue weighted by Crippen LogP contribution is 2.46. The molecular formula is C44H28N2O2S. The number of fused-ring (bicyclic) bond motifs is 9. The standard InChI is InChI=1S/C44H28N2O2S/c1-3-14-32(15-4-1)47-33-25-23-30(24-26-33)45-38-21-10-9-20-37(38)41-42-40-36-19-8-7-12-29(36)22-27-39(40)46(44(42)48-43(41)45)31-13-11-18-35(28-31)49-34-16-5-2-6-17-34/h1-28H. The van der Waals surface area contributed by atoms with E-state index in [0.29, 0.717) is 0 Å². The lowest BCUT2D eigenvalue weighted by Gasteiger charge is -2.10. The summed E-state index contributed by atoms with van der Waals surface area (Å²) in [7, 11) is 0. The van der Waals surface area contributed by atoms with Crippen LogP contribution in [0.5, 0.6) is 11.5 Å². The normalized spacial score (nSPS) is 11.8. The number of aromatic nitrogens is 2. The Bertz CT molecular complexity index is 2810. The Labute approximate surface area is 286 Å². The van der Waals surface area contributed by atoms with E-state index in [1.54, 1.807) is 11.8 Å².